The predicted molar refractivity (Wildman–Crippen MR) is 64.4 cm³/mol. The fourth-order valence-electron chi connectivity index (χ4n) is 1.47. The SMILES string of the molecule is COCCCN[C@@H](C)c1ccccc1Cl. The molecule has 84 valence electrons. The minimum atomic E-state index is 0.288. The zero-order chi connectivity index (χ0) is 11.1. The van der Waals surface area contributed by atoms with E-state index >= 15 is 0 Å². The van der Waals surface area contributed by atoms with Gasteiger partial charge in [0.05, 0.1) is 0 Å². The minimum absolute atomic E-state index is 0.288. The summed E-state index contributed by atoms with van der Waals surface area (Å²) in [4.78, 5) is 0. The van der Waals surface area contributed by atoms with Crippen LogP contribution in [0.25, 0.3) is 0 Å². The van der Waals surface area contributed by atoms with Gasteiger partial charge in [-0.05, 0) is 31.5 Å². The van der Waals surface area contributed by atoms with Gasteiger partial charge in [0.1, 0.15) is 0 Å². The van der Waals surface area contributed by atoms with Crippen molar-refractivity contribution in [3.05, 3.63) is 34.9 Å². The Morgan fingerprint density at radius 1 is 1.40 bits per heavy atom. The van der Waals surface area contributed by atoms with Gasteiger partial charge in [-0.15, -0.1) is 0 Å². The van der Waals surface area contributed by atoms with Crippen molar-refractivity contribution < 1.29 is 4.74 Å². The van der Waals surface area contributed by atoms with Crippen LogP contribution in [0.15, 0.2) is 24.3 Å². The molecule has 0 bridgehead atoms. The molecule has 0 amide bonds. The van der Waals surface area contributed by atoms with E-state index in [4.69, 9.17) is 16.3 Å². The van der Waals surface area contributed by atoms with Gasteiger partial charge in [0.2, 0.25) is 0 Å². The summed E-state index contributed by atoms with van der Waals surface area (Å²) < 4.78 is 4.99. The third-order valence-electron chi connectivity index (χ3n) is 2.35. The number of nitrogens with one attached hydrogen (secondary N) is 1. The van der Waals surface area contributed by atoms with Crippen LogP contribution >= 0.6 is 11.6 Å². The minimum Gasteiger partial charge on any atom is -0.385 e. The third kappa shape index (κ3) is 4.20. The molecule has 1 rings (SSSR count). The Balaban J connectivity index is 2.40. The maximum Gasteiger partial charge on any atom is 0.0474 e. The van der Waals surface area contributed by atoms with E-state index in [9.17, 15) is 0 Å². The fourth-order valence-corrected chi connectivity index (χ4v) is 1.77. The van der Waals surface area contributed by atoms with Crippen molar-refractivity contribution >= 4 is 11.6 Å². The molecule has 1 atom stereocenters. The molecule has 1 aromatic rings. The number of halogens is 1. The van der Waals surface area contributed by atoms with Gasteiger partial charge >= 0.3 is 0 Å². The molecule has 15 heavy (non-hydrogen) atoms. The van der Waals surface area contributed by atoms with Gasteiger partial charge in [0.15, 0.2) is 0 Å². The smallest absolute Gasteiger partial charge is 0.0474 e. The van der Waals surface area contributed by atoms with E-state index in [0.717, 1.165) is 30.2 Å². The molecule has 0 spiro atoms. The Bertz CT molecular complexity index is 291. The van der Waals surface area contributed by atoms with Gasteiger partial charge in [0, 0.05) is 24.8 Å². The lowest BCUT2D eigenvalue weighted by Gasteiger charge is -2.15. The summed E-state index contributed by atoms with van der Waals surface area (Å²) in [5.41, 5.74) is 1.15. The number of rotatable bonds is 6. The van der Waals surface area contributed by atoms with Gasteiger partial charge in [-0.2, -0.15) is 0 Å². The van der Waals surface area contributed by atoms with E-state index in [-0.39, 0.29) is 6.04 Å². The molecule has 0 radical (unpaired) electrons. The van der Waals surface area contributed by atoms with Crippen LogP contribution in [0.2, 0.25) is 5.02 Å². The zero-order valence-corrected chi connectivity index (χ0v) is 10.1. The summed E-state index contributed by atoms with van der Waals surface area (Å²) in [5, 5.41) is 4.23. The quantitative estimate of drug-likeness (QED) is 0.755. The maximum atomic E-state index is 6.09. The molecule has 1 N–H and O–H groups in total. The van der Waals surface area contributed by atoms with Crippen molar-refractivity contribution in [3.63, 3.8) is 0 Å². The average molecular weight is 228 g/mol. The van der Waals surface area contributed by atoms with Crippen molar-refractivity contribution in [3.8, 4) is 0 Å². The molecule has 0 heterocycles. The number of hydrogen-bond acceptors (Lipinski definition) is 2. The first-order valence-electron chi connectivity index (χ1n) is 5.22. The summed E-state index contributed by atoms with van der Waals surface area (Å²) in [5.74, 6) is 0. The highest BCUT2D eigenvalue weighted by Gasteiger charge is 2.07. The van der Waals surface area contributed by atoms with Crippen LogP contribution in [-0.2, 0) is 4.74 Å². The van der Waals surface area contributed by atoms with Gasteiger partial charge in [-0.25, -0.2) is 0 Å². The second-order valence-electron chi connectivity index (χ2n) is 3.54. The van der Waals surface area contributed by atoms with E-state index in [1.807, 2.05) is 18.2 Å². The van der Waals surface area contributed by atoms with Gasteiger partial charge in [-0.1, -0.05) is 29.8 Å². The molecule has 0 fully saturated rings. The molecule has 0 aromatic heterocycles. The Kier molecular flexibility index (Phi) is 5.69. The highest BCUT2D eigenvalue weighted by atomic mass is 35.5. The van der Waals surface area contributed by atoms with Crippen molar-refractivity contribution in [1.82, 2.24) is 5.32 Å². The molecule has 0 aliphatic heterocycles. The molecule has 1 aromatic carbocycles. The third-order valence-corrected chi connectivity index (χ3v) is 2.69. The topological polar surface area (TPSA) is 21.3 Å². The van der Waals surface area contributed by atoms with Crippen LogP contribution in [0.1, 0.15) is 24.9 Å². The second-order valence-corrected chi connectivity index (χ2v) is 3.95. The molecule has 0 unspecified atom stereocenters. The monoisotopic (exact) mass is 227 g/mol. The molecule has 0 aliphatic rings. The van der Waals surface area contributed by atoms with E-state index in [2.05, 4.69) is 18.3 Å². The van der Waals surface area contributed by atoms with E-state index < -0.39 is 0 Å². The highest BCUT2D eigenvalue weighted by molar-refractivity contribution is 6.31. The van der Waals surface area contributed by atoms with Gasteiger partial charge in [-0.3, -0.25) is 0 Å². The van der Waals surface area contributed by atoms with E-state index in [1.165, 1.54) is 0 Å². The first-order chi connectivity index (χ1) is 7.25. The van der Waals surface area contributed by atoms with Crippen molar-refractivity contribution in [2.24, 2.45) is 0 Å². The number of methoxy groups -OCH3 is 1. The molecule has 2 nitrogen and oxygen atoms in total. The van der Waals surface area contributed by atoms with Crippen molar-refractivity contribution in [1.29, 1.82) is 0 Å². The van der Waals surface area contributed by atoms with Crippen molar-refractivity contribution in [2.75, 3.05) is 20.3 Å². The first kappa shape index (κ1) is 12.5. The lowest BCUT2D eigenvalue weighted by Crippen LogP contribution is -2.21. The lowest BCUT2D eigenvalue weighted by atomic mass is 10.1. The Morgan fingerprint density at radius 2 is 2.13 bits per heavy atom. The van der Waals surface area contributed by atoms with Crippen LogP contribution in [0, 0.1) is 0 Å². The normalized spacial score (nSPS) is 12.7. The second kappa shape index (κ2) is 6.83. The molecular weight excluding hydrogens is 210 g/mol. The van der Waals surface area contributed by atoms with Crippen LogP contribution in [0.3, 0.4) is 0 Å². The number of hydrogen-bond donors (Lipinski definition) is 1. The summed E-state index contributed by atoms with van der Waals surface area (Å²) >= 11 is 6.09. The lowest BCUT2D eigenvalue weighted by molar-refractivity contribution is 0.193. The van der Waals surface area contributed by atoms with Crippen LogP contribution in [-0.4, -0.2) is 20.3 Å². The van der Waals surface area contributed by atoms with Crippen molar-refractivity contribution in [2.45, 2.75) is 19.4 Å². The van der Waals surface area contributed by atoms with Crippen LogP contribution < -0.4 is 5.32 Å². The fraction of sp³-hybridized carbons (Fsp3) is 0.500. The van der Waals surface area contributed by atoms with E-state index in [1.54, 1.807) is 7.11 Å². The first-order valence-corrected chi connectivity index (χ1v) is 5.60. The summed E-state index contributed by atoms with van der Waals surface area (Å²) in [6.07, 6.45) is 1.02. The molecule has 0 saturated carbocycles. The van der Waals surface area contributed by atoms with Gasteiger partial charge < -0.3 is 10.1 Å². The highest BCUT2D eigenvalue weighted by Crippen LogP contribution is 2.21. The van der Waals surface area contributed by atoms with Crippen LogP contribution in [0.5, 0.6) is 0 Å². The molecule has 3 heteroatoms. The predicted octanol–water partition coefficient (Wildman–Crippen LogP) is 3.03. The van der Waals surface area contributed by atoms with Crippen LogP contribution in [0.4, 0.5) is 0 Å². The molecular formula is C12H18ClNO. The molecule has 0 aliphatic carbocycles. The average Bonchev–Trinajstić information content (AvgIpc) is 2.25. The maximum absolute atomic E-state index is 6.09. The Morgan fingerprint density at radius 3 is 2.80 bits per heavy atom. The van der Waals surface area contributed by atoms with Gasteiger partial charge in [0.25, 0.3) is 0 Å². The zero-order valence-electron chi connectivity index (χ0n) is 9.29. The van der Waals surface area contributed by atoms with E-state index in [0.29, 0.717) is 0 Å². The number of benzene rings is 1. The summed E-state index contributed by atoms with van der Waals surface area (Å²) in [7, 11) is 1.72. The Hall–Kier alpha value is -0.570. The standard InChI is InChI=1S/C12H18ClNO/c1-10(14-8-5-9-15-2)11-6-3-4-7-12(11)13/h3-4,6-7,10,14H,5,8-9H2,1-2H3/t10-/m0/s1. The summed E-state index contributed by atoms with van der Waals surface area (Å²) in [6, 6.07) is 8.22. The Labute approximate surface area is 96.6 Å². The molecule has 0 saturated heterocycles. The largest absolute Gasteiger partial charge is 0.385 e. The summed E-state index contributed by atoms with van der Waals surface area (Å²) in [6.45, 7) is 3.86. The number of ether oxygens (including phenoxy) is 1.